The average Bonchev–Trinajstić information content (AvgIpc) is 2.70. The van der Waals surface area contributed by atoms with Gasteiger partial charge < -0.3 is 5.73 Å². The summed E-state index contributed by atoms with van der Waals surface area (Å²) in [7, 11) is 0. The Kier molecular flexibility index (Phi) is 7.64. The van der Waals surface area contributed by atoms with Gasteiger partial charge in [-0.25, -0.2) is 0 Å². The lowest BCUT2D eigenvalue weighted by Crippen LogP contribution is -2.18. The zero-order valence-corrected chi connectivity index (χ0v) is 16.9. The molecule has 1 unspecified atom stereocenters. The quantitative estimate of drug-likeness (QED) is 0.583. The molecule has 0 aliphatic heterocycles. The number of hydrogen-bond donors (Lipinski definition) is 1. The molecule has 26 heavy (non-hydrogen) atoms. The third-order valence-corrected chi connectivity index (χ3v) is 6.89. The van der Waals surface area contributed by atoms with Gasteiger partial charge in [-0.2, -0.15) is 11.8 Å². The normalized spacial score (nSPS) is 17.7. The van der Waals surface area contributed by atoms with Gasteiger partial charge in [-0.15, -0.1) is 0 Å². The second kappa shape index (κ2) is 10.2. The number of thioether (sulfide) groups is 1. The summed E-state index contributed by atoms with van der Waals surface area (Å²) in [6.45, 7) is 3.02. The van der Waals surface area contributed by atoms with E-state index in [0.29, 0.717) is 5.92 Å². The van der Waals surface area contributed by atoms with E-state index in [1.54, 1.807) is 11.1 Å². The summed E-state index contributed by atoms with van der Waals surface area (Å²) in [5.74, 6) is 3.92. The van der Waals surface area contributed by atoms with Gasteiger partial charge in [0.05, 0.1) is 0 Å². The van der Waals surface area contributed by atoms with Crippen molar-refractivity contribution in [2.75, 3.05) is 18.1 Å². The van der Waals surface area contributed by atoms with E-state index in [1.165, 1.54) is 61.2 Å². The Morgan fingerprint density at radius 3 is 2.73 bits per heavy atom. The maximum absolute atomic E-state index is 6.00. The molecule has 2 aromatic carbocycles. The fraction of sp³-hybridized carbons (Fsp3) is 0.500. The molecule has 0 heterocycles. The molecule has 1 aliphatic carbocycles. The molecule has 3 rings (SSSR count). The first-order valence-corrected chi connectivity index (χ1v) is 11.4. The zero-order chi connectivity index (χ0) is 18.2. The molecule has 0 aromatic heterocycles. The van der Waals surface area contributed by atoms with E-state index in [2.05, 4.69) is 67.2 Å². The molecule has 2 atom stereocenters. The first-order chi connectivity index (χ1) is 12.8. The van der Waals surface area contributed by atoms with Crippen LogP contribution in [0.25, 0.3) is 0 Å². The van der Waals surface area contributed by atoms with Crippen LogP contribution in [0, 0.1) is 5.92 Å². The largest absolute Gasteiger partial charge is 0.330 e. The summed E-state index contributed by atoms with van der Waals surface area (Å²) >= 11 is 2.13. The second-order valence-electron chi connectivity index (χ2n) is 7.67. The summed E-state index contributed by atoms with van der Waals surface area (Å²) in [5.41, 5.74) is 12.1. The van der Waals surface area contributed by atoms with Crippen molar-refractivity contribution in [2.24, 2.45) is 11.7 Å². The monoisotopic (exact) mass is 367 g/mol. The van der Waals surface area contributed by atoms with Gasteiger partial charge in [0.2, 0.25) is 0 Å². The molecule has 140 valence electrons. The Morgan fingerprint density at radius 2 is 1.96 bits per heavy atom. The Bertz CT molecular complexity index is 667. The van der Waals surface area contributed by atoms with E-state index in [9.17, 15) is 0 Å². The van der Waals surface area contributed by atoms with Crippen LogP contribution < -0.4 is 5.73 Å². The maximum Gasteiger partial charge on any atom is -0.000824 e. The summed E-state index contributed by atoms with van der Waals surface area (Å²) in [6, 6.07) is 18.1. The van der Waals surface area contributed by atoms with Crippen LogP contribution >= 0.6 is 11.8 Å². The number of hydrogen-bond acceptors (Lipinski definition) is 2. The van der Waals surface area contributed by atoms with E-state index >= 15 is 0 Å². The fourth-order valence-corrected chi connectivity index (χ4v) is 5.26. The van der Waals surface area contributed by atoms with Gasteiger partial charge in [-0.3, -0.25) is 0 Å². The zero-order valence-electron chi connectivity index (χ0n) is 16.1. The van der Waals surface area contributed by atoms with Crippen molar-refractivity contribution in [3.63, 3.8) is 0 Å². The van der Waals surface area contributed by atoms with Crippen LogP contribution in [0.3, 0.4) is 0 Å². The van der Waals surface area contributed by atoms with E-state index in [4.69, 9.17) is 5.73 Å². The van der Waals surface area contributed by atoms with Crippen molar-refractivity contribution >= 4 is 11.8 Å². The molecule has 0 saturated heterocycles. The second-order valence-corrected chi connectivity index (χ2v) is 8.82. The number of aryl methyl sites for hydroxylation is 2. The number of rotatable bonds is 9. The van der Waals surface area contributed by atoms with Gasteiger partial charge in [-0.05, 0) is 84.2 Å². The van der Waals surface area contributed by atoms with Gasteiger partial charge in [-0.1, -0.05) is 61.9 Å². The molecular formula is C24H33NS. The smallest absolute Gasteiger partial charge is 0.000824 e. The summed E-state index contributed by atoms with van der Waals surface area (Å²) in [5, 5.41) is 0. The van der Waals surface area contributed by atoms with Crippen molar-refractivity contribution in [1.29, 1.82) is 0 Å². The van der Waals surface area contributed by atoms with E-state index in [-0.39, 0.29) is 0 Å². The molecule has 1 aliphatic rings. The standard InChI is InChI=1S/C24H33NS/c1-2-6-24(17-25)23-12-11-21-15-20(9-10-22(21)16-23)18-26-14-13-19-7-4-3-5-8-19/h3-5,7-8,11-12,16,20,24H,2,6,9-10,13-15,17-18,25H2,1H3/t20-,24?/m0/s1. The molecule has 2 aromatic rings. The highest BCUT2D eigenvalue weighted by Gasteiger charge is 2.20. The molecule has 0 fully saturated rings. The number of benzene rings is 2. The predicted molar refractivity (Wildman–Crippen MR) is 116 cm³/mol. The first kappa shape index (κ1) is 19.5. The topological polar surface area (TPSA) is 26.0 Å². The molecule has 0 bridgehead atoms. The van der Waals surface area contributed by atoms with Gasteiger partial charge in [0, 0.05) is 0 Å². The van der Waals surface area contributed by atoms with Gasteiger partial charge >= 0.3 is 0 Å². The summed E-state index contributed by atoms with van der Waals surface area (Å²) < 4.78 is 0. The molecule has 2 N–H and O–H groups in total. The lowest BCUT2D eigenvalue weighted by molar-refractivity contribution is 0.508. The Hall–Kier alpha value is -1.25. The van der Waals surface area contributed by atoms with E-state index in [1.807, 2.05) is 0 Å². The minimum atomic E-state index is 0.538. The van der Waals surface area contributed by atoms with Crippen molar-refractivity contribution in [3.8, 4) is 0 Å². The maximum atomic E-state index is 6.00. The van der Waals surface area contributed by atoms with E-state index in [0.717, 1.165) is 12.5 Å². The molecule has 2 heteroatoms. The molecule has 1 nitrogen and oxygen atoms in total. The van der Waals surface area contributed by atoms with Gasteiger partial charge in [0.15, 0.2) is 0 Å². The van der Waals surface area contributed by atoms with Gasteiger partial charge in [0.25, 0.3) is 0 Å². The highest BCUT2D eigenvalue weighted by molar-refractivity contribution is 7.99. The Labute approximate surface area is 163 Å². The SMILES string of the molecule is CCCC(CN)c1ccc2c(c1)CC[C@H](CSCCc1ccccc1)C2. The van der Waals surface area contributed by atoms with Crippen molar-refractivity contribution in [1.82, 2.24) is 0 Å². The molecular weight excluding hydrogens is 334 g/mol. The van der Waals surface area contributed by atoms with Crippen LogP contribution in [-0.2, 0) is 19.3 Å². The minimum Gasteiger partial charge on any atom is -0.330 e. The Balaban J connectivity index is 1.48. The molecule has 0 spiro atoms. The molecule has 0 amide bonds. The third kappa shape index (κ3) is 5.37. The van der Waals surface area contributed by atoms with Crippen molar-refractivity contribution in [2.45, 2.75) is 51.4 Å². The highest BCUT2D eigenvalue weighted by Crippen LogP contribution is 2.31. The van der Waals surface area contributed by atoms with Crippen LogP contribution in [0.2, 0.25) is 0 Å². The van der Waals surface area contributed by atoms with Crippen molar-refractivity contribution < 1.29 is 0 Å². The molecule has 0 saturated carbocycles. The number of nitrogens with two attached hydrogens (primary N) is 1. The van der Waals surface area contributed by atoms with E-state index < -0.39 is 0 Å². The predicted octanol–water partition coefficient (Wildman–Crippen LogP) is 5.61. The highest BCUT2D eigenvalue weighted by atomic mass is 32.2. The van der Waals surface area contributed by atoms with Crippen LogP contribution in [0.15, 0.2) is 48.5 Å². The van der Waals surface area contributed by atoms with Crippen LogP contribution in [-0.4, -0.2) is 18.1 Å². The lowest BCUT2D eigenvalue weighted by atomic mass is 9.82. The fourth-order valence-electron chi connectivity index (χ4n) is 4.10. The molecule has 0 radical (unpaired) electrons. The Morgan fingerprint density at radius 1 is 1.12 bits per heavy atom. The van der Waals surface area contributed by atoms with Crippen LogP contribution in [0.5, 0.6) is 0 Å². The number of fused-ring (bicyclic) bond motifs is 1. The third-order valence-electron chi connectivity index (χ3n) is 5.69. The average molecular weight is 368 g/mol. The summed E-state index contributed by atoms with van der Waals surface area (Å²) in [4.78, 5) is 0. The summed E-state index contributed by atoms with van der Waals surface area (Å²) in [6.07, 6.45) is 7.45. The van der Waals surface area contributed by atoms with Crippen LogP contribution in [0.4, 0.5) is 0 Å². The minimum absolute atomic E-state index is 0.538. The first-order valence-electron chi connectivity index (χ1n) is 10.2. The lowest BCUT2D eigenvalue weighted by Gasteiger charge is -2.26. The van der Waals surface area contributed by atoms with Gasteiger partial charge in [0.1, 0.15) is 0 Å². The van der Waals surface area contributed by atoms with Crippen molar-refractivity contribution in [3.05, 3.63) is 70.8 Å². The van der Waals surface area contributed by atoms with Crippen LogP contribution in [0.1, 0.15) is 54.4 Å².